The van der Waals surface area contributed by atoms with E-state index in [9.17, 15) is 9.59 Å². The monoisotopic (exact) mass is 272 g/mol. The molecule has 0 aliphatic heterocycles. The van der Waals surface area contributed by atoms with Crippen molar-refractivity contribution in [3.63, 3.8) is 0 Å². The third kappa shape index (κ3) is 22.4. The van der Waals surface area contributed by atoms with Crippen molar-refractivity contribution in [1.29, 1.82) is 0 Å². The molecule has 0 spiro atoms. The minimum absolute atomic E-state index is 0.0407. The summed E-state index contributed by atoms with van der Waals surface area (Å²) < 4.78 is 4.85. The van der Waals surface area contributed by atoms with Crippen molar-refractivity contribution in [3.8, 4) is 0 Å². The SMILES string of the molecule is C=CC(=O)O.CCCCCCCCCC(=O)OCC. The average molecular weight is 272 g/mol. The van der Waals surface area contributed by atoms with Crippen LogP contribution in [0.5, 0.6) is 0 Å². The molecule has 0 amide bonds. The van der Waals surface area contributed by atoms with Gasteiger partial charge in [-0.25, -0.2) is 4.79 Å². The second kappa shape index (κ2) is 16.7. The molecule has 0 bridgehead atoms. The summed E-state index contributed by atoms with van der Waals surface area (Å²) in [4.78, 5) is 20.2. The fourth-order valence-corrected chi connectivity index (χ4v) is 1.46. The van der Waals surface area contributed by atoms with Gasteiger partial charge in [0, 0.05) is 12.5 Å². The van der Waals surface area contributed by atoms with Crippen LogP contribution in [0.1, 0.15) is 65.2 Å². The van der Waals surface area contributed by atoms with E-state index in [0.29, 0.717) is 13.0 Å². The maximum absolute atomic E-state index is 11.0. The van der Waals surface area contributed by atoms with E-state index in [1.54, 1.807) is 0 Å². The van der Waals surface area contributed by atoms with Gasteiger partial charge in [0.15, 0.2) is 0 Å². The molecular weight excluding hydrogens is 244 g/mol. The lowest BCUT2D eigenvalue weighted by atomic mass is 10.1. The van der Waals surface area contributed by atoms with E-state index in [4.69, 9.17) is 9.84 Å². The number of carbonyl (C=O) groups excluding carboxylic acids is 1. The highest BCUT2D eigenvalue weighted by Gasteiger charge is 2.00. The zero-order valence-electron chi connectivity index (χ0n) is 12.3. The van der Waals surface area contributed by atoms with Crippen molar-refractivity contribution in [2.75, 3.05) is 6.61 Å². The molecule has 0 aromatic carbocycles. The van der Waals surface area contributed by atoms with Crippen LogP contribution in [0.2, 0.25) is 0 Å². The first-order valence-electron chi connectivity index (χ1n) is 7.09. The number of ether oxygens (including phenoxy) is 1. The lowest BCUT2D eigenvalue weighted by Crippen LogP contribution is -2.03. The van der Waals surface area contributed by atoms with Crippen LogP contribution in [0.4, 0.5) is 0 Å². The normalized spacial score (nSPS) is 9.16. The predicted molar refractivity (Wildman–Crippen MR) is 77.1 cm³/mol. The van der Waals surface area contributed by atoms with Gasteiger partial charge < -0.3 is 9.84 Å². The molecule has 0 unspecified atom stereocenters. The van der Waals surface area contributed by atoms with Gasteiger partial charge in [-0.15, -0.1) is 0 Å². The Balaban J connectivity index is 0. The number of unbranched alkanes of at least 4 members (excludes halogenated alkanes) is 6. The van der Waals surface area contributed by atoms with Crippen LogP contribution >= 0.6 is 0 Å². The number of esters is 1. The minimum Gasteiger partial charge on any atom is -0.478 e. The van der Waals surface area contributed by atoms with E-state index in [1.165, 1.54) is 38.5 Å². The van der Waals surface area contributed by atoms with Crippen LogP contribution < -0.4 is 0 Å². The van der Waals surface area contributed by atoms with Gasteiger partial charge >= 0.3 is 11.9 Å². The first-order valence-corrected chi connectivity index (χ1v) is 7.09. The molecule has 4 nitrogen and oxygen atoms in total. The molecule has 19 heavy (non-hydrogen) atoms. The first kappa shape index (κ1) is 20.0. The van der Waals surface area contributed by atoms with Gasteiger partial charge in [0.05, 0.1) is 6.61 Å². The molecule has 1 N–H and O–H groups in total. The van der Waals surface area contributed by atoms with Gasteiger partial charge in [0.1, 0.15) is 0 Å². The lowest BCUT2D eigenvalue weighted by Gasteiger charge is -2.01. The number of hydrogen-bond acceptors (Lipinski definition) is 3. The van der Waals surface area contributed by atoms with Crippen molar-refractivity contribution in [3.05, 3.63) is 12.7 Å². The molecule has 0 fully saturated rings. The molecular formula is C15H28O4. The summed E-state index contributed by atoms with van der Waals surface area (Å²) in [5.74, 6) is -1.02. The summed E-state index contributed by atoms with van der Waals surface area (Å²) in [6, 6.07) is 0. The van der Waals surface area contributed by atoms with Crippen LogP contribution in [0.15, 0.2) is 12.7 Å². The maximum atomic E-state index is 11.0. The second-order valence-corrected chi connectivity index (χ2v) is 4.22. The van der Waals surface area contributed by atoms with Crippen LogP contribution in [-0.2, 0) is 14.3 Å². The van der Waals surface area contributed by atoms with Crippen molar-refractivity contribution < 1.29 is 19.4 Å². The molecule has 0 atom stereocenters. The number of hydrogen-bond donors (Lipinski definition) is 1. The van der Waals surface area contributed by atoms with Crippen molar-refractivity contribution >= 4 is 11.9 Å². The van der Waals surface area contributed by atoms with Crippen LogP contribution in [0.3, 0.4) is 0 Å². The van der Waals surface area contributed by atoms with Gasteiger partial charge in [0.25, 0.3) is 0 Å². The third-order valence-corrected chi connectivity index (χ3v) is 2.46. The number of carboxylic acids is 1. The van der Waals surface area contributed by atoms with Crippen LogP contribution in [0.25, 0.3) is 0 Å². The van der Waals surface area contributed by atoms with Crippen LogP contribution in [-0.4, -0.2) is 23.7 Å². The van der Waals surface area contributed by atoms with Gasteiger partial charge in [0.2, 0.25) is 0 Å². The number of aliphatic carboxylic acids is 1. The Bertz CT molecular complexity index is 236. The quantitative estimate of drug-likeness (QED) is 0.371. The van der Waals surface area contributed by atoms with E-state index >= 15 is 0 Å². The molecule has 0 aliphatic carbocycles. The van der Waals surface area contributed by atoms with E-state index in [2.05, 4.69) is 13.5 Å². The van der Waals surface area contributed by atoms with E-state index in [-0.39, 0.29) is 5.97 Å². The molecule has 0 rings (SSSR count). The lowest BCUT2D eigenvalue weighted by molar-refractivity contribution is -0.143. The molecule has 112 valence electrons. The Hall–Kier alpha value is -1.32. The molecule has 4 heteroatoms. The topological polar surface area (TPSA) is 63.6 Å². The first-order chi connectivity index (χ1) is 9.08. The third-order valence-electron chi connectivity index (χ3n) is 2.46. The van der Waals surface area contributed by atoms with Crippen molar-refractivity contribution in [1.82, 2.24) is 0 Å². The minimum atomic E-state index is -0.981. The van der Waals surface area contributed by atoms with Gasteiger partial charge in [-0.05, 0) is 13.3 Å². The largest absolute Gasteiger partial charge is 0.478 e. The highest BCUT2D eigenvalue weighted by Crippen LogP contribution is 2.08. The van der Waals surface area contributed by atoms with Gasteiger partial charge in [-0.3, -0.25) is 4.79 Å². The summed E-state index contributed by atoms with van der Waals surface area (Å²) in [5.41, 5.74) is 0. The van der Waals surface area contributed by atoms with Crippen molar-refractivity contribution in [2.24, 2.45) is 0 Å². The number of carbonyl (C=O) groups is 2. The molecule has 0 saturated carbocycles. The molecule has 0 aromatic rings. The van der Waals surface area contributed by atoms with Crippen LogP contribution in [0, 0.1) is 0 Å². The summed E-state index contributed by atoms with van der Waals surface area (Å²) >= 11 is 0. The van der Waals surface area contributed by atoms with E-state index in [1.807, 2.05) is 6.92 Å². The molecule has 0 radical (unpaired) electrons. The zero-order valence-corrected chi connectivity index (χ0v) is 12.3. The predicted octanol–water partition coefficient (Wildman–Crippen LogP) is 3.95. The summed E-state index contributed by atoms with van der Waals surface area (Å²) in [7, 11) is 0. The highest BCUT2D eigenvalue weighted by atomic mass is 16.5. The Morgan fingerprint density at radius 1 is 1.05 bits per heavy atom. The van der Waals surface area contributed by atoms with Gasteiger partial charge in [-0.2, -0.15) is 0 Å². The number of carboxylic acid groups (broad SMARTS) is 1. The summed E-state index contributed by atoms with van der Waals surface area (Å²) in [6.45, 7) is 7.54. The Labute approximate surface area is 116 Å². The second-order valence-electron chi connectivity index (χ2n) is 4.22. The smallest absolute Gasteiger partial charge is 0.327 e. The maximum Gasteiger partial charge on any atom is 0.327 e. The average Bonchev–Trinajstić information content (AvgIpc) is 2.38. The number of rotatable bonds is 10. The van der Waals surface area contributed by atoms with Crippen molar-refractivity contribution in [2.45, 2.75) is 65.2 Å². The fourth-order valence-electron chi connectivity index (χ4n) is 1.46. The summed E-state index contributed by atoms with van der Waals surface area (Å²) in [5, 5.41) is 7.60. The molecule has 0 aromatic heterocycles. The standard InChI is InChI=1S/C12H24O2.C3H4O2/c1-3-5-6-7-8-9-10-11-12(13)14-4-2;1-2-3(4)5/h3-11H2,1-2H3;2H,1H2,(H,4,5). The Morgan fingerprint density at radius 2 is 1.53 bits per heavy atom. The summed E-state index contributed by atoms with van der Waals surface area (Å²) in [6.07, 6.45) is 10.2. The molecule has 0 aliphatic rings. The zero-order chi connectivity index (χ0) is 14.9. The molecule has 0 saturated heterocycles. The Morgan fingerprint density at radius 3 is 1.95 bits per heavy atom. The van der Waals surface area contributed by atoms with Gasteiger partial charge in [-0.1, -0.05) is 52.0 Å². The fraction of sp³-hybridized carbons (Fsp3) is 0.733. The Kier molecular flexibility index (Phi) is 17.6. The van der Waals surface area contributed by atoms with E-state index < -0.39 is 5.97 Å². The molecule has 0 heterocycles. The highest BCUT2D eigenvalue weighted by molar-refractivity contribution is 5.78. The van der Waals surface area contributed by atoms with E-state index in [0.717, 1.165) is 12.5 Å².